The quantitative estimate of drug-likeness (QED) is 0.898. The molecule has 0 bridgehead atoms. The van der Waals surface area contributed by atoms with Gasteiger partial charge in [-0.2, -0.15) is 0 Å². The second kappa shape index (κ2) is 5.67. The number of hydrogen-bond donors (Lipinski definition) is 2. The van der Waals surface area contributed by atoms with Crippen LogP contribution in [-0.4, -0.2) is 21.0 Å². The maximum Gasteiger partial charge on any atom is 0.374 e. The predicted molar refractivity (Wildman–Crippen MR) is 72.5 cm³/mol. The summed E-state index contributed by atoms with van der Waals surface area (Å²) >= 11 is 6.10. The van der Waals surface area contributed by atoms with Crippen LogP contribution in [0.5, 0.6) is 0 Å². The average molecular weight is 278 g/mol. The van der Waals surface area contributed by atoms with Gasteiger partial charge in [0.25, 0.3) is 0 Å². The zero-order valence-electron chi connectivity index (χ0n) is 10.2. The molecule has 2 N–H and O–H groups in total. The fraction of sp³-hybridized carbons (Fsp3) is 0.154. The SMILES string of the molecule is CC(Nc1ccnc(C(=O)O)n1)c1ccccc1Cl. The largest absolute Gasteiger partial charge is 0.475 e. The van der Waals surface area contributed by atoms with Gasteiger partial charge in [-0.3, -0.25) is 0 Å². The minimum Gasteiger partial charge on any atom is -0.475 e. The van der Waals surface area contributed by atoms with Crippen molar-refractivity contribution in [3.05, 3.63) is 52.9 Å². The van der Waals surface area contributed by atoms with Gasteiger partial charge in [0.05, 0.1) is 6.04 Å². The van der Waals surface area contributed by atoms with Crippen LogP contribution in [0.1, 0.15) is 29.1 Å². The summed E-state index contributed by atoms with van der Waals surface area (Å²) in [5.41, 5.74) is 0.916. The Bertz CT molecular complexity index is 604. The van der Waals surface area contributed by atoms with Crippen molar-refractivity contribution in [2.24, 2.45) is 0 Å². The molecule has 19 heavy (non-hydrogen) atoms. The molecular formula is C13H12ClN3O2. The van der Waals surface area contributed by atoms with Crippen molar-refractivity contribution < 1.29 is 9.90 Å². The summed E-state index contributed by atoms with van der Waals surface area (Å²) in [5.74, 6) is -0.953. The van der Waals surface area contributed by atoms with E-state index in [1.165, 1.54) is 6.20 Å². The third kappa shape index (κ3) is 3.20. The smallest absolute Gasteiger partial charge is 0.374 e. The number of halogens is 1. The van der Waals surface area contributed by atoms with Gasteiger partial charge in [0.2, 0.25) is 5.82 Å². The average Bonchev–Trinajstić information content (AvgIpc) is 2.39. The van der Waals surface area contributed by atoms with E-state index in [1.54, 1.807) is 12.1 Å². The van der Waals surface area contributed by atoms with Crippen molar-refractivity contribution in [2.45, 2.75) is 13.0 Å². The minimum absolute atomic E-state index is 0.0924. The third-order valence-corrected chi connectivity index (χ3v) is 2.93. The van der Waals surface area contributed by atoms with Gasteiger partial charge in [-0.1, -0.05) is 29.8 Å². The lowest BCUT2D eigenvalue weighted by atomic mass is 10.1. The molecular weight excluding hydrogens is 266 g/mol. The lowest BCUT2D eigenvalue weighted by molar-refractivity contribution is 0.0683. The molecule has 1 aromatic carbocycles. The fourth-order valence-electron chi connectivity index (χ4n) is 1.67. The lowest BCUT2D eigenvalue weighted by Crippen LogP contribution is -2.11. The van der Waals surface area contributed by atoms with E-state index < -0.39 is 5.97 Å². The van der Waals surface area contributed by atoms with Crippen LogP contribution in [-0.2, 0) is 0 Å². The summed E-state index contributed by atoms with van der Waals surface area (Å²) in [6.07, 6.45) is 1.40. The first-order valence-corrected chi connectivity index (χ1v) is 6.03. The maximum atomic E-state index is 10.8. The van der Waals surface area contributed by atoms with E-state index in [4.69, 9.17) is 16.7 Å². The van der Waals surface area contributed by atoms with Crippen molar-refractivity contribution in [1.29, 1.82) is 0 Å². The van der Waals surface area contributed by atoms with Crippen molar-refractivity contribution in [3.63, 3.8) is 0 Å². The van der Waals surface area contributed by atoms with E-state index in [2.05, 4.69) is 15.3 Å². The molecule has 0 saturated carbocycles. The molecule has 1 heterocycles. The molecule has 1 aromatic heterocycles. The number of hydrogen-bond acceptors (Lipinski definition) is 4. The molecule has 1 atom stereocenters. The Hall–Kier alpha value is -2.14. The fourth-order valence-corrected chi connectivity index (χ4v) is 1.97. The summed E-state index contributed by atoms with van der Waals surface area (Å²) in [6.45, 7) is 1.92. The number of anilines is 1. The molecule has 2 aromatic rings. The van der Waals surface area contributed by atoms with Crippen molar-refractivity contribution in [1.82, 2.24) is 9.97 Å². The van der Waals surface area contributed by atoms with E-state index in [-0.39, 0.29) is 11.9 Å². The summed E-state index contributed by atoms with van der Waals surface area (Å²) in [5, 5.41) is 12.6. The van der Waals surface area contributed by atoms with Crippen LogP contribution in [0.15, 0.2) is 36.5 Å². The minimum atomic E-state index is -1.16. The van der Waals surface area contributed by atoms with Crippen molar-refractivity contribution in [2.75, 3.05) is 5.32 Å². The van der Waals surface area contributed by atoms with E-state index in [0.29, 0.717) is 10.8 Å². The zero-order chi connectivity index (χ0) is 13.8. The number of nitrogens with one attached hydrogen (secondary N) is 1. The van der Waals surface area contributed by atoms with Crippen LogP contribution < -0.4 is 5.32 Å². The van der Waals surface area contributed by atoms with E-state index in [9.17, 15) is 4.79 Å². The second-order valence-electron chi connectivity index (χ2n) is 3.96. The highest BCUT2D eigenvalue weighted by molar-refractivity contribution is 6.31. The van der Waals surface area contributed by atoms with E-state index >= 15 is 0 Å². The van der Waals surface area contributed by atoms with Crippen LogP contribution in [0.4, 0.5) is 5.82 Å². The first-order valence-electron chi connectivity index (χ1n) is 5.65. The molecule has 0 aliphatic carbocycles. The van der Waals surface area contributed by atoms with Gasteiger partial charge in [-0.15, -0.1) is 0 Å². The normalized spacial score (nSPS) is 11.9. The number of nitrogens with zero attached hydrogens (tertiary/aromatic N) is 2. The van der Waals surface area contributed by atoms with Gasteiger partial charge in [0, 0.05) is 11.2 Å². The molecule has 0 aliphatic heterocycles. The summed E-state index contributed by atoms with van der Waals surface area (Å²) in [7, 11) is 0. The highest BCUT2D eigenvalue weighted by Crippen LogP contribution is 2.24. The highest BCUT2D eigenvalue weighted by atomic mass is 35.5. The van der Waals surface area contributed by atoms with Gasteiger partial charge < -0.3 is 10.4 Å². The number of carbonyl (C=O) groups is 1. The predicted octanol–water partition coefficient (Wildman–Crippen LogP) is 3.00. The van der Waals surface area contributed by atoms with E-state index in [1.807, 2.05) is 25.1 Å². The van der Waals surface area contributed by atoms with Crippen LogP contribution in [0.25, 0.3) is 0 Å². The van der Waals surface area contributed by atoms with Crippen molar-refractivity contribution in [3.8, 4) is 0 Å². The first-order chi connectivity index (χ1) is 9.08. The molecule has 0 aliphatic rings. The topological polar surface area (TPSA) is 75.1 Å². The van der Waals surface area contributed by atoms with Gasteiger partial charge in [-0.25, -0.2) is 14.8 Å². The van der Waals surface area contributed by atoms with Crippen LogP contribution >= 0.6 is 11.6 Å². The Morgan fingerprint density at radius 2 is 2.11 bits per heavy atom. The highest BCUT2D eigenvalue weighted by Gasteiger charge is 2.11. The van der Waals surface area contributed by atoms with Gasteiger partial charge >= 0.3 is 5.97 Å². The van der Waals surface area contributed by atoms with Gasteiger partial charge in [0.1, 0.15) is 5.82 Å². The maximum absolute atomic E-state index is 10.8. The molecule has 2 rings (SSSR count). The van der Waals surface area contributed by atoms with E-state index in [0.717, 1.165) is 5.56 Å². The molecule has 0 radical (unpaired) electrons. The van der Waals surface area contributed by atoms with Gasteiger partial charge in [-0.05, 0) is 24.6 Å². The Kier molecular flexibility index (Phi) is 3.97. The third-order valence-electron chi connectivity index (χ3n) is 2.58. The summed E-state index contributed by atoms with van der Waals surface area (Å²) in [6, 6.07) is 8.97. The van der Waals surface area contributed by atoms with Crippen LogP contribution in [0, 0.1) is 0 Å². The molecule has 0 fully saturated rings. The molecule has 0 saturated heterocycles. The van der Waals surface area contributed by atoms with Gasteiger partial charge in [0.15, 0.2) is 0 Å². The van der Waals surface area contributed by atoms with Crippen molar-refractivity contribution >= 4 is 23.4 Å². The van der Waals surface area contributed by atoms with Crippen LogP contribution in [0.3, 0.4) is 0 Å². The lowest BCUT2D eigenvalue weighted by Gasteiger charge is -2.16. The molecule has 0 amide bonds. The Morgan fingerprint density at radius 1 is 1.37 bits per heavy atom. The molecule has 98 valence electrons. The number of aromatic nitrogens is 2. The number of aromatic carboxylic acids is 1. The Morgan fingerprint density at radius 3 is 2.79 bits per heavy atom. The second-order valence-corrected chi connectivity index (χ2v) is 4.37. The first kappa shape index (κ1) is 13.3. The number of carboxylic acids is 1. The number of rotatable bonds is 4. The zero-order valence-corrected chi connectivity index (χ0v) is 10.9. The number of carboxylic acid groups (broad SMARTS) is 1. The molecule has 0 spiro atoms. The number of benzene rings is 1. The summed E-state index contributed by atoms with van der Waals surface area (Å²) in [4.78, 5) is 18.4. The standard InChI is InChI=1S/C13H12ClN3O2/c1-8(9-4-2-3-5-10(9)14)16-11-6-7-15-12(17-11)13(18)19/h2-8H,1H3,(H,18,19)(H,15,16,17). The van der Waals surface area contributed by atoms with Crippen LogP contribution in [0.2, 0.25) is 5.02 Å². The Labute approximate surface area is 115 Å². The summed E-state index contributed by atoms with van der Waals surface area (Å²) < 4.78 is 0. The molecule has 1 unspecified atom stereocenters. The molecule has 5 nitrogen and oxygen atoms in total. The monoisotopic (exact) mass is 277 g/mol. The Balaban J connectivity index is 2.19. The molecule has 6 heteroatoms.